The van der Waals surface area contributed by atoms with Crippen molar-refractivity contribution in [2.24, 2.45) is 11.8 Å². The van der Waals surface area contributed by atoms with E-state index in [-0.39, 0.29) is 29.8 Å². The van der Waals surface area contributed by atoms with Crippen molar-refractivity contribution in [3.8, 4) is 0 Å². The lowest BCUT2D eigenvalue weighted by molar-refractivity contribution is -0.142. The average molecular weight is 270 g/mol. The van der Waals surface area contributed by atoms with E-state index in [0.29, 0.717) is 6.54 Å². The van der Waals surface area contributed by atoms with Crippen molar-refractivity contribution in [1.82, 2.24) is 10.6 Å². The topological polar surface area (TPSA) is 78.4 Å². The van der Waals surface area contributed by atoms with Crippen LogP contribution in [0.15, 0.2) is 0 Å². The number of carbonyl (C=O) groups is 2. The molecule has 2 unspecified atom stereocenters. The molecule has 1 aliphatic rings. The molecule has 3 N–H and O–H groups in total. The molecule has 0 aromatic heterocycles. The van der Waals surface area contributed by atoms with Crippen LogP contribution in [0.3, 0.4) is 0 Å². The second-order valence-electron chi connectivity index (χ2n) is 6.05. The Morgan fingerprint density at radius 2 is 2.00 bits per heavy atom. The van der Waals surface area contributed by atoms with Gasteiger partial charge in [-0.15, -0.1) is 0 Å². The zero-order valence-electron chi connectivity index (χ0n) is 12.2. The predicted molar refractivity (Wildman–Crippen MR) is 73.8 cm³/mol. The monoisotopic (exact) mass is 270 g/mol. The van der Waals surface area contributed by atoms with Gasteiger partial charge in [-0.05, 0) is 45.6 Å². The van der Waals surface area contributed by atoms with Crippen LogP contribution < -0.4 is 10.6 Å². The van der Waals surface area contributed by atoms with Gasteiger partial charge in [0.2, 0.25) is 5.91 Å². The van der Waals surface area contributed by atoms with E-state index >= 15 is 0 Å². The number of aliphatic carboxylic acids is 1. The molecule has 2 atom stereocenters. The van der Waals surface area contributed by atoms with E-state index in [2.05, 4.69) is 10.6 Å². The van der Waals surface area contributed by atoms with Crippen LogP contribution in [0.5, 0.6) is 0 Å². The number of rotatable bonds is 7. The van der Waals surface area contributed by atoms with E-state index in [1.165, 1.54) is 0 Å². The third-order valence-electron chi connectivity index (χ3n) is 4.03. The molecule has 0 heterocycles. The zero-order valence-corrected chi connectivity index (χ0v) is 12.2. The SMILES string of the molecule is CCC(C)(C)NC(=O)CNCC1CCCC1C(=O)O. The highest BCUT2D eigenvalue weighted by molar-refractivity contribution is 5.78. The summed E-state index contributed by atoms with van der Waals surface area (Å²) in [6, 6.07) is 0. The summed E-state index contributed by atoms with van der Waals surface area (Å²) < 4.78 is 0. The number of hydrogen-bond acceptors (Lipinski definition) is 3. The molecule has 0 aromatic carbocycles. The van der Waals surface area contributed by atoms with Crippen LogP contribution in [0.25, 0.3) is 0 Å². The van der Waals surface area contributed by atoms with Crippen LogP contribution in [-0.2, 0) is 9.59 Å². The van der Waals surface area contributed by atoms with Crippen molar-refractivity contribution in [2.75, 3.05) is 13.1 Å². The maximum Gasteiger partial charge on any atom is 0.306 e. The lowest BCUT2D eigenvalue weighted by atomic mass is 9.96. The van der Waals surface area contributed by atoms with Gasteiger partial charge in [0.1, 0.15) is 0 Å². The fraction of sp³-hybridized carbons (Fsp3) is 0.857. The molecule has 0 saturated heterocycles. The summed E-state index contributed by atoms with van der Waals surface area (Å²) in [6.45, 7) is 6.87. The summed E-state index contributed by atoms with van der Waals surface area (Å²) in [5.41, 5.74) is -0.185. The molecule has 1 aliphatic carbocycles. The van der Waals surface area contributed by atoms with Crippen molar-refractivity contribution in [3.05, 3.63) is 0 Å². The summed E-state index contributed by atoms with van der Waals surface area (Å²) in [5.74, 6) is -0.829. The van der Waals surface area contributed by atoms with Crippen molar-refractivity contribution < 1.29 is 14.7 Å². The third kappa shape index (κ3) is 5.19. The molecular weight excluding hydrogens is 244 g/mol. The van der Waals surface area contributed by atoms with Crippen LogP contribution in [0.1, 0.15) is 46.5 Å². The molecule has 110 valence electrons. The highest BCUT2D eigenvalue weighted by Gasteiger charge is 2.32. The molecule has 0 aliphatic heterocycles. The molecule has 0 radical (unpaired) electrons. The van der Waals surface area contributed by atoms with E-state index in [0.717, 1.165) is 25.7 Å². The van der Waals surface area contributed by atoms with E-state index in [1.54, 1.807) is 0 Å². The average Bonchev–Trinajstić information content (AvgIpc) is 2.77. The summed E-state index contributed by atoms with van der Waals surface area (Å²) >= 11 is 0. The minimum Gasteiger partial charge on any atom is -0.481 e. The molecule has 1 fully saturated rings. The van der Waals surface area contributed by atoms with Gasteiger partial charge in [0.15, 0.2) is 0 Å². The van der Waals surface area contributed by atoms with Crippen LogP contribution in [0, 0.1) is 11.8 Å². The van der Waals surface area contributed by atoms with Gasteiger partial charge in [-0.3, -0.25) is 9.59 Å². The Kier molecular flexibility index (Phi) is 5.79. The Hall–Kier alpha value is -1.10. The molecule has 19 heavy (non-hydrogen) atoms. The summed E-state index contributed by atoms with van der Waals surface area (Å²) in [6.07, 6.45) is 3.55. The molecule has 0 bridgehead atoms. The Balaban J connectivity index is 2.27. The third-order valence-corrected chi connectivity index (χ3v) is 4.03. The quantitative estimate of drug-likeness (QED) is 0.653. The van der Waals surface area contributed by atoms with Gasteiger partial charge in [-0.2, -0.15) is 0 Å². The van der Waals surface area contributed by atoms with Crippen molar-refractivity contribution in [1.29, 1.82) is 0 Å². The Labute approximate surface area is 115 Å². The smallest absolute Gasteiger partial charge is 0.306 e. The summed E-state index contributed by atoms with van der Waals surface area (Å²) in [5, 5.41) is 15.1. The van der Waals surface area contributed by atoms with Crippen LogP contribution in [-0.4, -0.2) is 35.6 Å². The lowest BCUT2D eigenvalue weighted by Gasteiger charge is -2.25. The second-order valence-corrected chi connectivity index (χ2v) is 6.05. The van der Waals surface area contributed by atoms with Gasteiger partial charge in [-0.1, -0.05) is 13.3 Å². The number of carboxylic acids is 1. The lowest BCUT2D eigenvalue weighted by Crippen LogP contribution is -2.47. The minimum atomic E-state index is -0.708. The first kappa shape index (κ1) is 16.0. The Morgan fingerprint density at radius 1 is 1.32 bits per heavy atom. The van der Waals surface area contributed by atoms with Gasteiger partial charge >= 0.3 is 5.97 Å². The van der Waals surface area contributed by atoms with E-state index in [9.17, 15) is 9.59 Å². The molecule has 5 heteroatoms. The van der Waals surface area contributed by atoms with Crippen LogP contribution in [0.2, 0.25) is 0 Å². The first-order chi connectivity index (χ1) is 8.85. The molecule has 0 aromatic rings. The molecule has 0 spiro atoms. The molecule has 5 nitrogen and oxygen atoms in total. The van der Waals surface area contributed by atoms with E-state index in [4.69, 9.17) is 5.11 Å². The maximum absolute atomic E-state index is 11.7. The zero-order chi connectivity index (χ0) is 14.5. The highest BCUT2D eigenvalue weighted by atomic mass is 16.4. The van der Waals surface area contributed by atoms with Gasteiger partial charge in [0.05, 0.1) is 12.5 Å². The van der Waals surface area contributed by atoms with Crippen molar-refractivity contribution in [2.45, 2.75) is 52.0 Å². The van der Waals surface area contributed by atoms with Crippen molar-refractivity contribution >= 4 is 11.9 Å². The first-order valence-electron chi connectivity index (χ1n) is 7.10. The predicted octanol–water partition coefficient (Wildman–Crippen LogP) is 1.38. The molecular formula is C14H26N2O3. The summed E-state index contributed by atoms with van der Waals surface area (Å²) in [7, 11) is 0. The number of carboxylic acid groups (broad SMARTS) is 1. The number of nitrogens with one attached hydrogen (secondary N) is 2. The van der Waals surface area contributed by atoms with Gasteiger partial charge < -0.3 is 15.7 Å². The van der Waals surface area contributed by atoms with Crippen LogP contribution >= 0.6 is 0 Å². The second kappa shape index (κ2) is 6.89. The van der Waals surface area contributed by atoms with Gasteiger partial charge in [-0.25, -0.2) is 0 Å². The number of amides is 1. The summed E-state index contributed by atoms with van der Waals surface area (Å²) in [4.78, 5) is 22.7. The largest absolute Gasteiger partial charge is 0.481 e. The fourth-order valence-corrected chi connectivity index (χ4v) is 2.49. The standard InChI is InChI=1S/C14H26N2O3/c1-4-14(2,3)16-12(17)9-15-8-10-6-5-7-11(10)13(18)19/h10-11,15H,4-9H2,1-3H3,(H,16,17)(H,18,19). The highest BCUT2D eigenvalue weighted by Crippen LogP contribution is 2.31. The van der Waals surface area contributed by atoms with Crippen molar-refractivity contribution in [3.63, 3.8) is 0 Å². The minimum absolute atomic E-state index is 0.0308. The number of carbonyl (C=O) groups excluding carboxylic acids is 1. The maximum atomic E-state index is 11.7. The van der Waals surface area contributed by atoms with Crippen LogP contribution in [0.4, 0.5) is 0 Å². The Morgan fingerprint density at radius 3 is 2.58 bits per heavy atom. The Bertz CT molecular complexity index is 329. The number of hydrogen-bond donors (Lipinski definition) is 3. The van der Waals surface area contributed by atoms with E-state index in [1.807, 2.05) is 20.8 Å². The van der Waals surface area contributed by atoms with Gasteiger partial charge in [0.25, 0.3) is 0 Å². The molecule has 1 amide bonds. The fourth-order valence-electron chi connectivity index (χ4n) is 2.49. The molecule has 1 saturated carbocycles. The van der Waals surface area contributed by atoms with Gasteiger partial charge in [0, 0.05) is 5.54 Å². The van der Waals surface area contributed by atoms with E-state index < -0.39 is 5.97 Å². The normalized spacial score (nSPS) is 23.3. The first-order valence-corrected chi connectivity index (χ1v) is 7.10. The molecule has 1 rings (SSSR count).